The van der Waals surface area contributed by atoms with E-state index in [4.69, 9.17) is 5.41 Å². The van der Waals surface area contributed by atoms with Crippen molar-refractivity contribution >= 4 is 34.7 Å². The molecule has 0 aliphatic carbocycles. The zero-order valence-corrected chi connectivity index (χ0v) is 17.4. The quantitative estimate of drug-likeness (QED) is 0.744. The number of thioether (sulfide) groups is 1. The van der Waals surface area contributed by atoms with Crippen LogP contribution in [0.1, 0.15) is 35.0 Å². The lowest BCUT2D eigenvalue weighted by molar-refractivity contribution is -0.114. The highest BCUT2D eigenvalue weighted by Crippen LogP contribution is 2.33. The number of allylic oxidation sites excluding steroid dienone is 1. The number of hydrogen-bond acceptors (Lipinski definition) is 3. The van der Waals surface area contributed by atoms with Gasteiger partial charge >= 0.3 is 0 Å². The number of carbonyl (C=O) groups is 1. The SMILES string of the molecule is CC1=CN2C(=N)/C(=C/c3cc(C)n(-c4cccc(C)c4C)c3C)C(=O)N=C2S1. The van der Waals surface area contributed by atoms with Crippen molar-refractivity contribution in [1.29, 1.82) is 5.41 Å². The highest BCUT2D eigenvalue weighted by atomic mass is 32.2. The van der Waals surface area contributed by atoms with Gasteiger partial charge in [0.05, 0.1) is 5.57 Å². The number of aromatic nitrogens is 1. The Hall–Kier alpha value is -2.86. The molecule has 1 aromatic carbocycles. The predicted octanol–water partition coefficient (Wildman–Crippen LogP) is 4.88. The van der Waals surface area contributed by atoms with Gasteiger partial charge in [-0.25, -0.2) is 0 Å². The molecule has 28 heavy (non-hydrogen) atoms. The van der Waals surface area contributed by atoms with Crippen molar-refractivity contribution < 1.29 is 4.79 Å². The summed E-state index contributed by atoms with van der Waals surface area (Å²) in [7, 11) is 0. The van der Waals surface area contributed by atoms with Crippen molar-refractivity contribution in [3.05, 3.63) is 69.0 Å². The van der Waals surface area contributed by atoms with Gasteiger partial charge in [-0.05, 0) is 69.5 Å². The largest absolute Gasteiger partial charge is 0.318 e. The van der Waals surface area contributed by atoms with Gasteiger partial charge in [-0.1, -0.05) is 23.9 Å². The topological polar surface area (TPSA) is 61.5 Å². The highest BCUT2D eigenvalue weighted by Gasteiger charge is 2.33. The zero-order valence-electron chi connectivity index (χ0n) is 16.6. The summed E-state index contributed by atoms with van der Waals surface area (Å²) in [5, 5.41) is 9.05. The molecule has 0 atom stereocenters. The number of rotatable bonds is 2. The monoisotopic (exact) mass is 390 g/mol. The van der Waals surface area contributed by atoms with Crippen LogP contribution in [-0.2, 0) is 4.79 Å². The van der Waals surface area contributed by atoms with Gasteiger partial charge in [0.15, 0.2) is 5.17 Å². The summed E-state index contributed by atoms with van der Waals surface area (Å²) in [5.74, 6) is -0.181. The first-order valence-corrected chi connectivity index (χ1v) is 9.94. The number of nitrogens with zero attached hydrogens (tertiary/aromatic N) is 3. The maximum absolute atomic E-state index is 12.6. The van der Waals surface area contributed by atoms with Crippen molar-refractivity contribution in [3.8, 4) is 5.69 Å². The summed E-state index contributed by atoms with van der Waals surface area (Å²) in [6.07, 6.45) is 3.65. The molecule has 142 valence electrons. The molecule has 0 unspecified atom stereocenters. The minimum absolute atomic E-state index is 0.177. The lowest BCUT2D eigenvalue weighted by Crippen LogP contribution is -2.35. The van der Waals surface area contributed by atoms with Crippen LogP contribution in [0.2, 0.25) is 0 Å². The maximum atomic E-state index is 12.6. The molecule has 0 saturated carbocycles. The van der Waals surface area contributed by atoms with Crippen LogP contribution >= 0.6 is 11.8 Å². The van der Waals surface area contributed by atoms with Crippen molar-refractivity contribution in [2.24, 2.45) is 4.99 Å². The number of hydrogen-bond donors (Lipinski definition) is 1. The van der Waals surface area contributed by atoms with Crippen molar-refractivity contribution in [1.82, 2.24) is 9.47 Å². The average Bonchev–Trinajstić information content (AvgIpc) is 3.13. The average molecular weight is 391 g/mol. The van der Waals surface area contributed by atoms with Gasteiger partial charge in [-0.2, -0.15) is 4.99 Å². The molecule has 1 amide bonds. The molecule has 1 aromatic heterocycles. The van der Waals surface area contributed by atoms with E-state index in [1.807, 2.05) is 20.0 Å². The van der Waals surface area contributed by atoms with Gasteiger partial charge in [0.25, 0.3) is 5.91 Å². The maximum Gasteiger partial charge on any atom is 0.283 e. The standard InChI is InChI=1S/C22H22N4OS/c1-12-7-6-8-19(15(12)4)26-13(2)9-17(16(26)5)10-18-20(23)25-11-14(3)28-22(25)24-21(18)27/h6-11,23H,1-5H3/b18-10-,23-20?. The van der Waals surface area contributed by atoms with Gasteiger partial charge < -0.3 is 4.57 Å². The van der Waals surface area contributed by atoms with E-state index in [1.165, 1.54) is 22.9 Å². The van der Waals surface area contributed by atoms with Crippen LogP contribution in [0.25, 0.3) is 11.8 Å². The Kier molecular flexibility index (Phi) is 4.38. The summed E-state index contributed by atoms with van der Waals surface area (Å²) < 4.78 is 2.20. The number of aliphatic imine (C=N–C) groups is 1. The molecule has 2 aliphatic heterocycles. The molecule has 5 nitrogen and oxygen atoms in total. The van der Waals surface area contributed by atoms with Crippen molar-refractivity contribution in [2.45, 2.75) is 34.6 Å². The molecule has 0 bridgehead atoms. The zero-order chi connectivity index (χ0) is 20.2. The molecule has 2 aromatic rings. The Morgan fingerprint density at radius 2 is 1.89 bits per heavy atom. The summed E-state index contributed by atoms with van der Waals surface area (Å²) >= 11 is 1.42. The fraction of sp³-hybridized carbons (Fsp3) is 0.227. The minimum Gasteiger partial charge on any atom is -0.318 e. The Bertz CT molecular complexity index is 1130. The number of amidine groups is 2. The van der Waals surface area contributed by atoms with Crippen LogP contribution in [-0.4, -0.2) is 26.4 Å². The van der Waals surface area contributed by atoms with Crippen LogP contribution in [0, 0.1) is 33.1 Å². The second-order valence-corrected chi connectivity index (χ2v) is 8.41. The van der Waals surface area contributed by atoms with Crippen molar-refractivity contribution in [2.75, 3.05) is 0 Å². The highest BCUT2D eigenvalue weighted by molar-refractivity contribution is 8.17. The van der Waals surface area contributed by atoms with Crippen molar-refractivity contribution in [3.63, 3.8) is 0 Å². The summed E-state index contributed by atoms with van der Waals surface area (Å²) in [6, 6.07) is 8.34. The van der Waals surface area contributed by atoms with E-state index in [9.17, 15) is 4.79 Å². The second-order valence-electron chi connectivity index (χ2n) is 7.20. The molecular weight excluding hydrogens is 368 g/mol. The third-order valence-electron chi connectivity index (χ3n) is 5.28. The number of nitrogens with one attached hydrogen (secondary N) is 1. The summed E-state index contributed by atoms with van der Waals surface area (Å²) in [5.41, 5.74) is 6.98. The van der Waals surface area contributed by atoms with E-state index in [0.717, 1.165) is 27.5 Å². The Balaban J connectivity index is 1.81. The summed E-state index contributed by atoms with van der Waals surface area (Å²) in [4.78, 5) is 19.4. The Labute approximate surface area is 169 Å². The molecule has 3 heterocycles. The molecule has 6 heteroatoms. The first-order chi connectivity index (χ1) is 13.3. The normalized spacial score (nSPS) is 17.9. The molecule has 0 spiro atoms. The van der Waals surface area contributed by atoms with Crippen LogP contribution < -0.4 is 0 Å². The van der Waals surface area contributed by atoms with Gasteiger partial charge in [0, 0.05) is 28.2 Å². The molecule has 0 saturated heterocycles. The van der Waals surface area contributed by atoms with Gasteiger partial charge in [-0.15, -0.1) is 0 Å². The molecular formula is C22H22N4OS. The number of benzene rings is 1. The second kappa shape index (κ2) is 6.63. The number of amides is 1. The van der Waals surface area contributed by atoms with Crippen LogP contribution in [0.4, 0.5) is 0 Å². The lowest BCUT2D eigenvalue weighted by Gasteiger charge is -2.22. The Morgan fingerprint density at radius 1 is 1.14 bits per heavy atom. The van der Waals surface area contributed by atoms with E-state index < -0.39 is 0 Å². The van der Waals surface area contributed by atoms with E-state index in [1.54, 1.807) is 11.0 Å². The summed E-state index contributed by atoms with van der Waals surface area (Å²) in [6.45, 7) is 10.3. The number of fused-ring (bicyclic) bond motifs is 1. The predicted molar refractivity (Wildman–Crippen MR) is 116 cm³/mol. The van der Waals surface area contributed by atoms with Crippen LogP contribution in [0.5, 0.6) is 0 Å². The van der Waals surface area contributed by atoms with E-state index in [0.29, 0.717) is 10.7 Å². The number of aryl methyl sites for hydroxylation is 2. The van der Waals surface area contributed by atoms with E-state index in [-0.39, 0.29) is 11.7 Å². The third-order valence-corrected chi connectivity index (χ3v) is 6.18. The van der Waals surface area contributed by atoms with E-state index >= 15 is 0 Å². The van der Waals surface area contributed by atoms with Crippen LogP contribution in [0.15, 0.2) is 45.9 Å². The lowest BCUT2D eigenvalue weighted by atomic mass is 10.1. The fourth-order valence-electron chi connectivity index (χ4n) is 3.64. The molecule has 2 aliphatic rings. The first-order valence-electron chi connectivity index (χ1n) is 9.12. The number of carbonyl (C=O) groups excluding carboxylic acids is 1. The Morgan fingerprint density at radius 3 is 2.64 bits per heavy atom. The van der Waals surface area contributed by atoms with Gasteiger partial charge in [0.2, 0.25) is 0 Å². The smallest absolute Gasteiger partial charge is 0.283 e. The minimum atomic E-state index is -0.358. The van der Waals surface area contributed by atoms with Gasteiger partial charge in [0.1, 0.15) is 5.84 Å². The molecule has 0 fully saturated rings. The third kappa shape index (κ3) is 2.85. The fourth-order valence-corrected chi connectivity index (χ4v) is 4.46. The first kappa shape index (κ1) is 18.5. The van der Waals surface area contributed by atoms with Gasteiger partial charge in [-0.3, -0.25) is 15.1 Å². The van der Waals surface area contributed by atoms with E-state index in [2.05, 4.69) is 54.6 Å². The molecule has 0 radical (unpaired) electrons. The molecule has 1 N–H and O–H groups in total. The molecule has 4 rings (SSSR count). The van der Waals surface area contributed by atoms with Crippen LogP contribution in [0.3, 0.4) is 0 Å².